The maximum absolute atomic E-state index is 6.11. The number of benzene rings is 2. The molecule has 1 aromatic heterocycles. The molecule has 2 aromatic carbocycles. The van der Waals surface area contributed by atoms with Crippen LogP contribution in [0.4, 0.5) is 17.1 Å². The Balaban J connectivity index is 2.09. The van der Waals surface area contributed by atoms with Gasteiger partial charge in [-0.1, -0.05) is 22.0 Å². The van der Waals surface area contributed by atoms with Gasteiger partial charge in [0.25, 0.3) is 0 Å². The van der Waals surface area contributed by atoms with E-state index in [1.54, 1.807) is 0 Å². The predicted molar refractivity (Wildman–Crippen MR) is 101 cm³/mol. The molecular formula is C18H19BrN4. The van der Waals surface area contributed by atoms with Gasteiger partial charge in [0.05, 0.1) is 5.52 Å². The van der Waals surface area contributed by atoms with Crippen LogP contribution in [0.25, 0.3) is 10.9 Å². The lowest BCUT2D eigenvalue weighted by atomic mass is 10.1. The molecule has 3 N–H and O–H groups in total. The zero-order chi connectivity index (χ0) is 16.4. The topological polar surface area (TPSA) is 54.2 Å². The first-order valence-corrected chi connectivity index (χ1v) is 8.16. The van der Waals surface area contributed by atoms with Gasteiger partial charge in [0.15, 0.2) is 0 Å². The van der Waals surface area contributed by atoms with Crippen LogP contribution in [0.5, 0.6) is 0 Å². The minimum absolute atomic E-state index is 0.750. The fraction of sp³-hybridized carbons (Fsp3) is 0.167. The highest BCUT2D eigenvalue weighted by Gasteiger charge is 2.09. The molecule has 0 amide bonds. The average molecular weight is 371 g/mol. The average Bonchev–Trinajstić information content (AvgIpc) is 2.47. The van der Waals surface area contributed by atoms with E-state index in [1.165, 1.54) is 0 Å². The molecule has 0 saturated heterocycles. The number of pyridine rings is 1. The third-order valence-corrected chi connectivity index (χ3v) is 4.03. The van der Waals surface area contributed by atoms with Crippen LogP contribution in [0.2, 0.25) is 0 Å². The lowest BCUT2D eigenvalue weighted by Crippen LogP contribution is -2.11. The van der Waals surface area contributed by atoms with Crippen LogP contribution in [0.15, 0.2) is 53.1 Å². The molecule has 3 aromatic rings. The van der Waals surface area contributed by atoms with Gasteiger partial charge < -0.3 is 16.0 Å². The number of halogens is 1. The van der Waals surface area contributed by atoms with Crippen molar-refractivity contribution in [3.8, 4) is 0 Å². The van der Waals surface area contributed by atoms with E-state index in [0.29, 0.717) is 0 Å². The first-order valence-electron chi connectivity index (χ1n) is 7.37. The van der Waals surface area contributed by atoms with Gasteiger partial charge in [-0.15, -0.1) is 0 Å². The fourth-order valence-electron chi connectivity index (χ4n) is 2.65. The number of nitrogens with zero attached hydrogens (tertiary/aromatic N) is 2. The van der Waals surface area contributed by atoms with Crippen LogP contribution in [0.3, 0.4) is 0 Å². The standard InChI is InChI=1S/C18H19BrN4/c1-23(2)11-12-8-14(20)10-16-17(6-7-21-18(12)16)22-15-5-3-4-13(19)9-15/h3-10H,11,20H2,1-2H3,(H,21,22). The maximum Gasteiger partial charge on any atom is 0.0769 e. The van der Waals surface area contributed by atoms with Crippen molar-refractivity contribution >= 4 is 43.9 Å². The van der Waals surface area contributed by atoms with E-state index >= 15 is 0 Å². The smallest absolute Gasteiger partial charge is 0.0769 e. The first-order chi connectivity index (χ1) is 11.0. The Labute approximate surface area is 144 Å². The fourth-order valence-corrected chi connectivity index (χ4v) is 3.04. The Morgan fingerprint density at radius 3 is 2.74 bits per heavy atom. The van der Waals surface area contributed by atoms with Crippen molar-refractivity contribution in [2.75, 3.05) is 25.1 Å². The summed E-state index contributed by atoms with van der Waals surface area (Å²) in [4.78, 5) is 6.68. The third-order valence-electron chi connectivity index (χ3n) is 3.54. The number of nitrogen functional groups attached to an aromatic ring is 1. The van der Waals surface area contributed by atoms with Crippen LogP contribution >= 0.6 is 15.9 Å². The predicted octanol–water partition coefficient (Wildman–Crippen LogP) is 4.38. The molecule has 1 heterocycles. The van der Waals surface area contributed by atoms with Crippen LogP contribution in [0.1, 0.15) is 5.56 Å². The molecule has 0 bridgehead atoms. The number of anilines is 3. The minimum Gasteiger partial charge on any atom is -0.399 e. The summed E-state index contributed by atoms with van der Waals surface area (Å²) in [6.07, 6.45) is 1.83. The van der Waals surface area contributed by atoms with Gasteiger partial charge in [0.1, 0.15) is 0 Å². The largest absolute Gasteiger partial charge is 0.399 e. The van der Waals surface area contributed by atoms with Gasteiger partial charge in [0.2, 0.25) is 0 Å². The van der Waals surface area contributed by atoms with Crippen molar-refractivity contribution in [2.24, 2.45) is 0 Å². The molecule has 0 saturated carbocycles. The summed E-state index contributed by atoms with van der Waals surface area (Å²) in [6, 6.07) is 14.0. The SMILES string of the molecule is CN(C)Cc1cc(N)cc2c(Nc3cccc(Br)c3)ccnc12. The van der Waals surface area contributed by atoms with Gasteiger partial charge in [-0.05, 0) is 56.1 Å². The second-order valence-electron chi connectivity index (χ2n) is 5.81. The van der Waals surface area contributed by atoms with E-state index in [0.717, 1.165) is 44.5 Å². The van der Waals surface area contributed by atoms with Crippen LogP contribution < -0.4 is 11.1 Å². The van der Waals surface area contributed by atoms with E-state index in [9.17, 15) is 0 Å². The molecule has 0 spiro atoms. The number of hydrogen-bond donors (Lipinski definition) is 2. The van der Waals surface area contributed by atoms with E-state index in [-0.39, 0.29) is 0 Å². The van der Waals surface area contributed by atoms with Crippen molar-refractivity contribution in [1.29, 1.82) is 0 Å². The van der Waals surface area contributed by atoms with Crippen molar-refractivity contribution in [1.82, 2.24) is 9.88 Å². The lowest BCUT2D eigenvalue weighted by Gasteiger charge is -2.15. The van der Waals surface area contributed by atoms with Gasteiger partial charge in [-0.2, -0.15) is 0 Å². The van der Waals surface area contributed by atoms with Gasteiger partial charge in [-0.3, -0.25) is 4.98 Å². The second kappa shape index (κ2) is 6.56. The Bertz CT molecular complexity index is 846. The maximum atomic E-state index is 6.11. The summed E-state index contributed by atoms with van der Waals surface area (Å²) in [5.74, 6) is 0. The zero-order valence-electron chi connectivity index (χ0n) is 13.2. The van der Waals surface area contributed by atoms with E-state index in [2.05, 4.69) is 31.1 Å². The van der Waals surface area contributed by atoms with Crippen LogP contribution in [0, 0.1) is 0 Å². The van der Waals surface area contributed by atoms with Crippen molar-refractivity contribution in [2.45, 2.75) is 6.54 Å². The summed E-state index contributed by atoms with van der Waals surface area (Å²) in [6.45, 7) is 0.800. The molecule has 3 rings (SSSR count). The normalized spacial score (nSPS) is 11.1. The van der Waals surface area contributed by atoms with E-state index in [4.69, 9.17) is 5.73 Å². The zero-order valence-corrected chi connectivity index (χ0v) is 14.8. The third kappa shape index (κ3) is 3.63. The molecule has 0 aliphatic heterocycles. The monoisotopic (exact) mass is 370 g/mol. The number of hydrogen-bond acceptors (Lipinski definition) is 4. The van der Waals surface area contributed by atoms with Crippen LogP contribution in [-0.4, -0.2) is 24.0 Å². The molecule has 23 heavy (non-hydrogen) atoms. The summed E-state index contributed by atoms with van der Waals surface area (Å²) in [7, 11) is 4.08. The molecule has 0 atom stereocenters. The molecule has 4 nitrogen and oxygen atoms in total. The molecule has 0 radical (unpaired) electrons. The summed E-state index contributed by atoms with van der Waals surface area (Å²) in [5.41, 5.74) is 11.0. The van der Waals surface area contributed by atoms with E-state index < -0.39 is 0 Å². The Kier molecular flexibility index (Phi) is 4.50. The Hall–Kier alpha value is -2.11. The highest BCUT2D eigenvalue weighted by atomic mass is 79.9. The van der Waals surface area contributed by atoms with Crippen LogP contribution in [-0.2, 0) is 6.54 Å². The first kappa shape index (κ1) is 15.8. The molecule has 5 heteroatoms. The lowest BCUT2D eigenvalue weighted by molar-refractivity contribution is 0.404. The van der Waals surface area contributed by atoms with Crippen molar-refractivity contribution < 1.29 is 0 Å². The van der Waals surface area contributed by atoms with E-state index in [1.807, 2.05) is 62.8 Å². The number of nitrogens with one attached hydrogen (secondary N) is 1. The minimum atomic E-state index is 0.750. The van der Waals surface area contributed by atoms with Gasteiger partial charge in [0, 0.05) is 39.7 Å². The highest BCUT2D eigenvalue weighted by Crippen LogP contribution is 2.30. The summed E-state index contributed by atoms with van der Waals surface area (Å²) in [5, 5.41) is 4.49. The van der Waals surface area contributed by atoms with Crippen molar-refractivity contribution in [3.05, 3.63) is 58.7 Å². The molecular weight excluding hydrogens is 352 g/mol. The number of nitrogens with two attached hydrogens (primary N) is 1. The van der Waals surface area contributed by atoms with Crippen molar-refractivity contribution in [3.63, 3.8) is 0 Å². The molecule has 118 valence electrons. The number of aromatic nitrogens is 1. The number of fused-ring (bicyclic) bond motifs is 1. The summed E-state index contributed by atoms with van der Waals surface area (Å²) >= 11 is 3.50. The molecule has 0 aliphatic rings. The number of rotatable bonds is 4. The molecule has 0 fully saturated rings. The summed E-state index contributed by atoms with van der Waals surface area (Å²) < 4.78 is 1.04. The van der Waals surface area contributed by atoms with Gasteiger partial charge >= 0.3 is 0 Å². The van der Waals surface area contributed by atoms with Gasteiger partial charge in [-0.25, -0.2) is 0 Å². The second-order valence-corrected chi connectivity index (χ2v) is 6.72. The Morgan fingerprint density at radius 1 is 1.17 bits per heavy atom. The molecule has 0 unspecified atom stereocenters. The Morgan fingerprint density at radius 2 is 2.00 bits per heavy atom. The highest BCUT2D eigenvalue weighted by molar-refractivity contribution is 9.10. The quantitative estimate of drug-likeness (QED) is 0.668. The molecule has 0 aliphatic carbocycles.